The molecule has 6 nitrogen and oxygen atoms in total. The average Bonchev–Trinajstić information content (AvgIpc) is 2.81. The third-order valence-corrected chi connectivity index (χ3v) is 3.39. The predicted molar refractivity (Wildman–Crippen MR) is 76.7 cm³/mol. The summed E-state index contributed by atoms with van der Waals surface area (Å²) in [4.78, 5) is 28.1. The van der Waals surface area contributed by atoms with Crippen LogP contribution in [-0.4, -0.2) is 34.7 Å². The molecular weight excluding hydrogens is 270 g/mol. The first-order valence-electron chi connectivity index (χ1n) is 6.87. The first-order valence-corrected chi connectivity index (χ1v) is 6.87. The summed E-state index contributed by atoms with van der Waals surface area (Å²) < 4.78 is 5.32. The fourth-order valence-electron chi connectivity index (χ4n) is 2.45. The van der Waals surface area contributed by atoms with E-state index >= 15 is 0 Å². The van der Waals surface area contributed by atoms with Crippen LogP contribution >= 0.6 is 0 Å². The van der Waals surface area contributed by atoms with Crippen molar-refractivity contribution in [3.63, 3.8) is 0 Å². The maximum Gasteiger partial charge on any atom is 0.410 e. The second-order valence-electron chi connectivity index (χ2n) is 6.18. The van der Waals surface area contributed by atoms with Crippen molar-refractivity contribution in [2.24, 2.45) is 5.92 Å². The molecule has 2 heterocycles. The molecule has 0 saturated carbocycles. The van der Waals surface area contributed by atoms with Gasteiger partial charge in [-0.2, -0.15) is 5.26 Å². The number of nitrogens with zero attached hydrogens (tertiary/aromatic N) is 2. The van der Waals surface area contributed by atoms with Crippen LogP contribution in [0.5, 0.6) is 0 Å². The van der Waals surface area contributed by atoms with Crippen LogP contribution < -0.4 is 5.56 Å². The third kappa shape index (κ3) is 3.43. The number of aromatic nitrogens is 1. The fourth-order valence-corrected chi connectivity index (χ4v) is 2.45. The number of hydrogen-bond donors (Lipinski definition) is 1. The van der Waals surface area contributed by atoms with Crippen LogP contribution in [0.3, 0.4) is 0 Å². The van der Waals surface area contributed by atoms with Crippen LogP contribution in [0.15, 0.2) is 23.1 Å². The number of carbonyl (C=O) groups is 1. The summed E-state index contributed by atoms with van der Waals surface area (Å²) in [5.74, 6) is -0.687. The van der Waals surface area contributed by atoms with Crippen molar-refractivity contribution in [3.05, 3.63) is 34.2 Å². The Morgan fingerprint density at radius 3 is 2.76 bits per heavy atom. The molecule has 0 aromatic carbocycles. The number of aromatic amines is 1. The molecule has 0 spiro atoms. The standard InChI is InChI=1S/C15H19N3O3/c1-15(2,3)21-14(20)18-8-10(7-16)12(9-18)11-5-4-6-17-13(11)19/h4-6,10,12H,8-9H2,1-3H3,(H,17,19). The van der Waals surface area contributed by atoms with Gasteiger partial charge in [0, 0.05) is 30.8 Å². The van der Waals surface area contributed by atoms with Gasteiger partial charge in [-0.25, -0.2) is 4.79 Å². The number of likely N-dealkylation sites (tertiary alicyclic amines) is 1. The number of hydrogen-bond acceptors (Lipinski definition) is 4. The summed E-state index contributed by atoms with van der Waals surface area (Å²) in [6.45, 7) is 5.98. The molecule has 6 heteroatoms. The van der Waals surface area contributed by atoms with E-state index in [1.807, 2.05) is 0 Å². The van der Waals surface area contributed by atoms with Gasteiger partial charge in [0.05, 0.1) is 12.0 Å². The van der Waals surface area contributed by atoms with E-state index in [0.717, 1.165) is 0 Å². The van der Waals surface area contributed by atoms with Crippen molar-refractivity contribution in [3.8, 4) is 6.07 Å². The molecular formula is C15H19N3O3. The van der Waals surface area contributed by atoms with Crippen molar-refractivity contribution in [1.29, 1.82) is 5.26 Å². The summed E-state index contributed by atoms with van der Waals surface area (Å²) >= 11 is 0. The molecule has 1 amide bonds. The normalized spacial score (nSPS) is 21.9. The van der Waals surface area contributed by atoms with Gasteiger partial charge in [-0.05, 0) is 26.8 Å². The summed E-state index contributed by atoms with van der Waals surface area (Å²) in [5.41, 5.74) is -0.259. The number of rotatable bonds is 1. The number of nitriles is 1. The molecule has 1 aromatic rings. The molecule has 2 atom stereocenters. The van der Waals surface area contributed by atoms with E-state index in [2.05, 4.69) is 11.1 Å². The van der Waals surface area contributed by atoms with E-state index in [1.165, 1.54) is 4.90 Å². The Hall–Kier alpha value is -2.29. The Morgan fingerprint density at radius 2 is 2.19 bits per heavy atom. The number of amides is 1. The highest BCUT2D eigenvalue weighted by atomic mass is 16.6. The topological polar surface area (TPSA) is 86.2 Å². The van der Waals surface area contributed by atoms with E-state index in [0.29, 0.717) is 12.1 Å². The second-order valence-corrected chi connectivity index (χ2v) is 6.18. The Labute approximate surface area is 123 Å². The lowest BCUT2D eigenvalue weighted by molar-refractivity contribution is 0.0289. The first-order chi connectivity index (χ1) is 9.81. The van der Waals surface area contributed by atoms with Crippen molar-refractivity contribution in [1.82, 2.24) is 9.88 Å². The zero-order chi connectivity index (χ0) is 15.6. The van der Waals surface area contributed by atoms with Gasteiger partial charge in [-0.15, -0.1) is 0 Å². The van der Waals surface area contributed by atoms with E-state index in [4.69, 9.17) is 4.74 Å². The number of pyridine rings is 1. The van der Waals surface area contributed by atoms with Crippen molar-refractivity contribution in [2.45, 2.75) is 32.3 Å². The molecule has 0 radical (unpaired) electrons. The van der Waals surface area contributed by atoms with Gasteiger partial charge in [-0.3, -0.25) is 4.79 Å². The van der Waals surface area contributed by atoms with E-state index in [1.54, 1.807) is 39.1 Å². The Bertz CT molecular complexity index is 624. The molecule has 0 bridgehead atoms. The predicted octanol–water partition coefficient (Wildman–Crippen LogP) is 1.85. The van der Waals surface area contributed by atoms with Gasteiger partial charge in [0.25, 0.3) is 5.56 Å². The lowest BCUT2D eigenvalue weighted by Gasteiger charge is -2.24. The molecule has 21 heavy (non-hydrogen) atoms. The smallest absolute Gasteiger partial charge is 0.410 e. The van der Waals surface area contributed by atoms with E-state index < -0.39 is 17.6 Å². The lowest BCUT2D eigenvalue weighted by atomic mass is 9.91. The van der Waals surface area contributed by atoms with E-state index in [9.17, 15) is 14.9 Å². The average molecular weight is 289 g/mol. The van der Waals surface area contributed by atoms with Crippen molar-refractivity contribution in [2.75, 3.05) is 13.1 Å². The van der Waals surface area contributed by atoms with Crippen LogP contribution in [0.4, 0.5) is 4.79 Å². The SMILES string of the molecule is CC(C)(C)OC(=O)N1CC(C#N)C(c2ccc[nH]c2=O)C1. The maximum atomic E-state index is 12.1. The Balaban J connectivity index is 2.19. The number of ether oxygens (including phenoxy) is 1. The highest BCUT2D eigenvalue weighted by molar-refractivity contribution is 5.69. The largest absolute Gasteiger partial charge is 0.444 e. The number of H-pyrrole nitrogens is 1. The summed E-state index contributed by atoms with van der Waals surface area (Å²) in [5, 5.41) is 9.28. The molecule has 0 aliphatic carbocycles. The van der Waals surface area contributed by atoms with Crippen LogP contribution in [0.2, 0.25) is 0 Å². The zero-order valence-electron chi connectivity index (χ0n) is 12.4. The monoisotopic (exact) mass is 289 g/mol. The molecule has 1 aliphatic heterocycles. The van der Waals surface area contributed by atoms with Gasteiger partial charge >= 0.3 is 6.09 Å². The molecule has 1 N–H and O–H groups in total. The van der Waals surface area contributed by atoms with Gasteiger partial charge in [0.1, 0.15) is 5.60 Å². The molecule has 112 valence electrons. The molecule has 2 unspecified atom stereocenters. The molecule has 2 rings (SSSR count). The van der Waals surface area contributed by atoms with Gasteiger partial charge in [-0.1, -0.05) is 6.07 Å². The van der Waals surface area contributed by atoms with Crippen molar-refractivity contribution < 1.29 is 9.53 Å². The minimum atomic E-state index is -0.582. The van der Waals surface area contributed by atoms with Crippen LogP contribution in [0.1, 0.15) is 32.3 Å². The molecule has 1 fully saturated rings. The number of nitrogens with one attached hydrogen (secondary N) is 1. The Morgan fingerprint density at radius 1 is 1.48 bits per heavy atom. The molecule has 1 aliphatic rings. The lowest BCUT2D eigenvalue weighted by Crippen LogP contribution is -2.35. The van der Waals surface area contributed by atoms with Crippen LogP contribution in [-0.2, 0) is 4.74 Å². The molecule has 1 saturated heterocycles. The zero-order valence-corrected chi connectivity index (χ0v) is 12.4. The maximum absolute atomic E-state index is 12.1. The van der Waals surface area contributed by atoms with E-state index in [-0.39, 0.29) is 18.0 Å². The highest BCUT2D eigenvalue weighted by Crippen LogP contribution is 2.31. The Kier molecular flexibility index (Phi) is 4.03. The summed E-state index contributed by atoms with van der Waals surface area (Å²) in [6.07, 6.45) is 1.10. The summed E-state index contributed by atoms with van der Waals surface area (Å²) in [7, 11) is 0. The minimum absolute atomic E-state index is 0.214. The third-order valence-electron chi connectivity index (χ3n) is 3.39. The fraction of sp³-hybridized carbons (Fsp3) is 0.533. The van der Waals surface area contributed by atoms with Gasteiger partial charge in [0.15, 0.2) is 0 Å². The van der Waals surface area contributed by atoms with Crippen LogP contribution in [0, 0.1) is 17.2 Å². The van der Waals surface area contributed by atoms with Gasteiger partial charge < -0.3 is 14.6 Å². The minimum Gasteiger partial charge on any atom is -0.444 e. The second kappa shape index (κ2) is 5.60. The quantitative estimate of drug-likeness (QED) is 0.854. The molecule has 1 aromatic heterocycles. The summed E-state index contributed by atoms with van der Waals surface area (Å²) in [6, 6.07) is 5.61. The van der Waals surface area contributed by atoms with Crippen LogP contribution in [0.25, 0.3) is 0 Å². The van der Waals surface area contributed by atoms with Crippen molar-refractivity contribution >= 4 is 6.09 Å². The number of carbonyl (C=O) groups excluding carboxylic acids is 1. The highest BCUT2D eigenvalue weighted by Gasteiger charge is 2.39. The van der Waals surface area contributed by atoms with Gasteiger partial charge in [0.2, 0.25) is 0 Å². The first kappa shape index (κ1) is 15.1.